The van der Waals surface area contributed by atoms with E-state index in [-0.39, 0.29) is 0 Å². The molecule has 0 aliphatic rings. The summed E-state index contributed by atoms with van der Waals surface area (Å²) in [5, 5.41) is 11.1. The fraction of sp³-hybridized carbons (Fsp3) is 0.158. The number of carbonyl (C=O) groups excluding carboxylic acids is 2. The molecule has 3 amide bonds. The number of hydrogen-bond acceptors (Lipinski definition) is 5. The number of nitrogens with zero attached hydrogens (tertiary/aromatic N) is 3. The first-order chi connectivity index (χ1) is 13.5. The lowest BCUT2D eigenvalue weighted by Crippen LogP contribution is -2.39. The molecule has 0 saturated heterocycles. The number of nitrogens with two attached hydrogens (primary N) is 1. The van der Waals surface area contributed by atoms with Gasteiger partial charge < -0.3 is 5.73 Å². The van der Waals surface area contributed by atoms with Crippen LogP contribution in [0.3, 0.4) is 0 Å². The minimum absolute atomic E-state index is 0.494. The van der Waals surface area contributed by atoms with Crippen LogP contribution in [0.25, 0.3) is 11.4 Å². The number of aromatic nitrogens is 3. The minimum Gasteiger partial charge on any atom is -0.351 e. The molecule has 0 radical (unpaired) electrons. The SMILES string of the molecule is CC(Sc1nnc(-c2ccccc2Cl)n1Cc1ccccc1)C(=O)NC(N)=O. The molecule has 3 aromatic rings. The highest BCUT2D eigenvalue weighted by Gasteiger charge is 2.22. The molecule has 0 aliphatic carbocycles. The van der Waals surface area contributed by atoms with Gasteiger partial charge in [-0.15, -0.1) is 10.2 Å². The van der Waals surface area contributed by atoms with Gasteiger partial charge in [0.15, 0.2) is 11.0 Å². The zero-order chi connectivity index (χ0) is 20.1. The lowest BCUT2D eigenvalue weighted by Gasteiger charge is -2.13. The lowest BCUT2D eigenvalue weighted by molar-refractivity contribution is -0.119. The number of thioether (sulfide) groups is 1. The van der Waals surface area contributed by atoms with Gasteiger partial charge in [-0.25, -0.2) is 4.79 Å². The summed E-state index contributed by atoms with van der Waals surface area (Å²) >= 11 is 7.54. The third kappa shape index (κ3) is 4.71. The maximum Gasteiger partial charge on any atom is 0.318 e. The Kier molecular flexibility index (Phi) is 6.33. The number of imide groups is 1. The first-order valence-corrected chi connectivity index (χ1v) is 9.70. The molecule has 0 aliphatic heterocycles. The largest absolute Gasteiger partial charge is 0.351 e. The van der Waals surface area contributed by atoms with E-state index in [0.29, 0.717) is 22.5 Å². The van der Waals surface area contributed by atoms with Gasteiger partial charge in [-0.2, -0.15) is 0 Å². The van der Waals surface area contributed by atoms with Crippen molar-refractivity contribution in [2.45, 2.75) is 23.9 Å². The van der Waals surface area contributed by atoms with Crippen LogP contribution in [0.4, 0.5) is 4.79 Å². The van der Waals surface area contributed by atoms with Crippen LogP contribution in [0.1, 0.15) is 12.5 Å². The Morgan fingerprint density at radius 2 is 1.82 bits per heavy atom. The third-order valence-electron chi connectivity index (χ3n) is 3.91. The number of rotatable bonds is 6. The van der Waals surface area contributed by atoms with E-state index in [2.05, 4.69) is 15.5 Å². The molecule has 1 atom stereocenters. The van der Waals surface area contributed by atoms with E-state index in [0.717, 1.165) is 11.1 Å². The molecule has 0 saturated carbocycles. The molecule has 144 valence electrons. The number of carbonyl (C=O) groups is 2. The van der Waals surface area contributed by atoms with Gasteiger partial charge >= 0.3 is 6.03 Å². The average Bonchev–Trinajstić information content (AvgIpc) is 3.04. The van der Waals surface area contributed by atoms with Crippen LogP contribution in [0.2, 0.25) is 5.02 Å². The van der Waals surface area contributed by atoms with Crippen molar-refractivity contribution in [1.82, 2.24) is 20.1 Å². The van der Waals surface area contributed by atoms with Crippen LogP contribution in [0.15, 0.2) is 59.8 Å². The third-order valence-corrected chi connectivity index (χ3v) is 5.32. The fourth-order valence-electron chi connectivity index (χ4n) is 2.56. The van der Waals surface area contributed by atoms with Gasteiger partial charge in [0.1, 0.15) is 0 Å². The number of halogens is 1. The number of amides is 3. The second kappa shape index (κ2) is 8.90. The van der Waals surface area contributed by atoms with E-state index < -0.39 is 17.2 Å². The van der Waals surface area contributed by atoms with Crippen molar-refractivity contribution in [3.63, 3.8) is 0 Å². The molecule has 28 heavy (non-hydrogen) atoms. The second-order valence-electron chi connectivity index (χ2n) is 5.97. The Balaban J connectivity index is 1.97. The van der Waals surface area contributed by atoms with Crippen molar-refractivity contribution in [3.8, 4) is 11.4 Å². The highest BCUT2D eigenvalue weighted by molar-refractivity contribution is 8.00. The summed E-state index contributed by atoms with van der Waals surface area (Å²) in [5.74, 6) is 0.102. The van der Waals surface area contributed by atoms with Crippen LogP contribution in [-0.2, 0) is 11.3 Å². The van der Waals surface area contributed by atoms with Gasteiger partial charge in [0.05, 0.1) is 16.8 Å². The van der Waals surface area contributed by atoms with E-state index in [4.69, 9.17) is 17.3 Å². The van der Waals surface area contributed by atoms with Gasteiger partial charge in [-0.3, -0.25) is 14.7 Å². The van der Waals surface area contributed by atoms with E-state index in [9.17, 15) is 9.59 Å². The molecule has 3 rings (SSSR count). The maximum absolute atomic E-state index is 12.0. The average molecular weight is 416 g/mol. The molecule has 7 nitrogen and oxygen atoms in total. The van der Waals surface area contributed by atoms with Gasteiger partial charge in [0.2, 0.25) is 5.91 Å². The molecule has 2 aromatic carbocycles. The summed E-state index contributed by atoms with van der Waals surface area (Å²) in [4.78, 5) is 23.0. The summed E-state index contributed by atoms with van der Waals surface area (Å²) in [6.07, 6.45) is 0. The molecule has 1 heterocycles. The van der Waals surface area contributed by atoms with Gasteiger partial charge in [-0.05, 0) is 24.6 Å². The smallest absolute Gasteiger partial charge is 0.318 e. The normalized spacial score (nSPS) is 11.8. The van der Waals surface area contributed by atoms with Gasteiger partial charge in [0, 0.05) is 5.56 Å². The first kappa shape index (κ1) is 19.9. The van der Waals surface area contributed by atoms with Crippen molar-refractivity contribution in [2.24, 2.45) is 5.73 Å². The Hall–Kier alpha value is -2.84. The van der Waals surface area contributed by atoms with Crippen molar-refractivity contribution in [3.05, 3.63) is 65.2 Å². The van der Waals surface area contributed by atoms with Gasteiger partial charge in [-0.1, -0.05) is 65.8 Å². The van der Waals surface area contributed by atoms with Crippen LogP contribution in [0.5, 0.6) is 0 Å². The number of hydrogen-bond donors (Lipinski definition) is 2. The van der Waals surface area contributed by atoms with Crippen molar-refractivity contribution in [2.75, 3.05) is 0 Å². The summed E-state index contributed by atoms with van der Waals surface area (Å²) in [7, 11) is 0. The molecule has 1 aromatic heterocycles. The first-order valence-electron chi connectivity index (χ1n) is 8.44. The molecular weight excluding hydrogens is 398 g/mol. The Morgan fingerprint density at radius 1 is 1.14 bits per heavy atom. The molecule has 0 fully saturated rings. The summed E-state index contributed by atoms with van der Waals surface area (Å²) in [5.41, 5.74) is 6.82. The molecule has 3 N–H and O–H groups in total. The number of primary amides is 1. The highest BCUT2D eigenvalue weighted by atomic mass is 35.5. The summed E-state index contributed by atoms with van der Waals surface area (Å²) in [6, 6.07) is 16.3. The summed E-state index contributed by atoms with van der Waals surface area (Å²) < 4.78 is 1.90. The van der Waals surface area contributed by atoms with Crippen LogP contribution in [0, 0.1) is 0 Å². The zero-order valence-corrected chi connectivity index (χ0v) is 16.6. The number of benzene rings is 2. The van der Waals surface area contributed by atoms with E-state index in [1.54, 1.807) is 13.0 Å². The summed E-state index contributed by atoms with van der Waals surface area (Å²) in [6.45, 7) is 2.17. The Morgan fingerprint density at radius 3 is 2.50 bits per heavy atom. The molecular formula is C19H18ClN5O2S. The molecule has 1 unspecified atom stereocenters. The Labute approximate surface area is 171 Å². The second-order valence-corrected chi connectivity index (χ2v) is 7.69. The molecule has 9 heteroatoms. The van der Waals surface area contributed by atoms with E-state index in [1.807, 2.05) is 53.1 Å². The predicted molar refractivity (Wildman–Crippen MR) is 109 cm³/mol. The van der Waals surface area contributed by atoms with Crippen molar-refractivity contribution >= 4 is 35.3 Å². The highest BCUT2D eigenvalue weighted by Crippen LogP contribution is 2.31. The van der Waals surface area contributed by atoms with Crippen LogP contribution in [-0.4, -0.2) is 32.0 Å². The van der Waals surface area contributed by atoms with Crippen LogP contribution >= 0.6 is 23.4 Å². The van der Waals surface area contributed by atoms with E-state index in [1.165, 1.54) is 11.8 Å². The zero-order valence-electron chi connectivity index (χ0n) is 15.0. The Bertz CT molecular complexity index is 993. The van der Waals surface area contributed by atoms with E-state index >= 15 is 0 Å². The standard InChI is InChI=1S/C19H18ClN5O2S/c1-12(17(26)22-18(21)27)28-19-24-23-16(14-9-5-6-10-15(14)20)25(19)11-13-7-3-2-4-8-13/h2-10,12H,11H2,1H3,(H3,21,22,26,27). The molecule has 0 spiro atoms. The number of urea groups is 1. The topological polar surface area (TPSA) is 103 Å². The fourth-order valence-corrected chi connectivity index (χ4v) is 3.63. The molecule has 0 bridgehead atoms. The lowest BCUT2D eigenvalue weighted by atomic mass is 10.2. The monoisotopic (exact) mass is 415 g/mol. The predicted octanol–water partition coefficient (Wildman–Crippen LogP) is 3.32. The van der Waals surface area contributed by atoms with Crippen LogP contribution < -0.4 is 11.1 Å². The number of nitrogens with one attached hydrogen (secondary N) is 1. The van der Waals surface area contributed by atoms with Gasteiger partial charge in [0.25, 0.3) is 0 Å². The quantitative estimate of drug-likeness (QED) is 0.601. The van der Waals surface area contributed by atoms with Crippen molar-refractivity contribution in [1.29, 1.82) is 0 Å². The minimum atomic E-state index is -0.889. The van der Waals surface area contributed by atoms with Crippen molar-refractivity contribution < 1.29 is 9.59 Å². The maximum atomic E-state index is 12.0.